The third-order valence-corrected chi connectivity index (χ3v) is 5.13. The molecule has 1 aromatic heterocycles. The van der Waals surface area contributed by atoms with Crippen LogP contribution < -0.4 is 10.2 Å². The molecule has 0 saturated heterocycles. The molecule has 142 valence electrons. The van der Waals surface area contributed by atoms with Crippen LogP contribution in [0.15, 0.2) is 48.5 Å². The summed E-state index contributed by atoms with van der Waals surface area (Å²) in [6.45, 7) is 8.00. The fourth-order valence-electron chi connectivity index (χ4n) is 3.83. The molecular weight excluding hydrogens is 348 g/mol. The van der Waals surface area contributed by atoms with Crippen LogP contribution in [0, 0.1) is 20.8 Å². The van der Waals surface area contributed by atoms with E-state index in [2.05, 4.69) is 54.3 Å². The summed E-state index contributed by atoms with van der Waals surface area (Å²) in [5.74, 6) is 1.10. The Morgan fingerprint density at radius 1 is 1.07 bits per heavy atom. The summed E-state index contributed by atoms with van der Waals surface area (Å²) in [5.41, 5.74) is 5.89. The molecule has 2 aromatic carbocycles. The van der Waals surface area contributed by atoms with Crippen molar-refractivity contribution in [1.82, 2.24) is 9.97 Å². The highest BCUT2D eigenvalue weighted by Crippen LogP contribution is 2.33. The van der Waals surface area contributed by atoms with Crippen LogP contribution in [0.25, 0.3) is 0 Å². The lowest BCUT2D eigenvalue weighted by atomic mass is 10.1. The molecule has 28 heavy (non-hydrogen) atoms. The predicted molar refractivity (Wildman–Crippen MR) is 112 cm³/mol. The molecule has 1 amide bonds. The van der Waals surface area contributed by atoms with Crippen molar-refractivity contribution < 1.29 is 4.79 Å². The van der Waals surface area contributed by atoms with Crippen molar-refractivity contribution in [3.05, 3.63) is 76.7 Å². The van der Waals surface area contributed by atoms with Crippen LogP contribution in [-0.2, 0) is 6.42 Å². The minimum absolute atomic E-state index is 0.0911. The van der Waals surface area contributed by atoms with Crippen LogP contribution in [-0.4, -0.2) is 21.9 Å². The lowest BCUT2D eigenvalue weighted by Gasteiger charge is -2.22. The summed E-state index contributed by atoms with van der Waals surface area (Å²) in [5, 5.41) is 3.33. The van der Waals surface area contributed by atoms with E-state index >= 15 is 0 Å². The maximum Gasteiger partial charge on any atom is 0.277 e. The Morgan fingerprint density at radius 3 is 2.64 bits per heavy atom. The van der Waals surface area contributed by atoms with Crippen molar-refractivity contribution in [3.63, 3.8) is 0 Å². The molecule has 1 unspecified atom stereocenters. The number of nitrogens with one attached hydrogen (secondary N) is 1. The Bertz CT molecular complexity index is 1060. The Kier molecular flexibility index (Phi) is 4.59. The topological polar surface area (TPSA) is 58.1 Å². The maximum absolute atomic E-state index is 13.3. The van der Waals surface area contributed by atoms with Crippen molar-refractivity contribution in [2.45, 2.75) is 40.2 Å². The average molecular weight is 372 g/mol. The number of para-hydroxylation sites is 1. The lowest BCUT2D eigenvalue weighted by molar-refractivity contribution is 0.0976. The molecule has 4 rings (SSSR count). The minimum atomic E-state index is -0.0911. The highest BCUT2D eigenvalue weighted by atomic mass is 16.2. The number of aromatic nitrogens is 2. The second-order valence-corrected chi connectivity index (χ2v) is 7.49. The average Bonchev–Trinajstić information content (AvgIpc) is 2.98. The zero-order chi connectivity index (χ0) is 19.8. The summed E-state index contributed by atoms with van der Waals surface area (Å²) in [6, 6.07) is 16.1. The molecule has 0 bridgehead atoms. The smallest absolute Gasteiger partial charge is 0.277 e. The van der Waals surface area contributed by atoms with Crippen molar-refractivity contribution in [3.8, 4) is 0 Å². The number of anilines is 3. The Hall–Kier alpha value is -3.21. The standard InChI is InChI=1S/C23H24N4O/c1-14-9-10-19(15(2)11-14)26-22-13-20(24-17(4)25-22)23(28)27-16(3)12-18-7-5-6-8-21(18)27/h5-11,13,16H,12H2,1-4H3,(H,24,25,26). The van der Waals surface area contributed by atoms with Gasteiger partial charge in [0.2, 0.25) is 0 Å². The first-order valence-corrected chi connectivity index (χ1v) is 9.54. The highest BCUT2D eigenvalue weighted by Gasteiger charge is 2.32. The zero-order valence-corrected chi connectivity index (χ0v) is 16.7. The number of nitrogens with zero attached hydrogens (tertiary/aromatic N) is 3. The molecule has 1 aliphatic rings. The molecule has 1 aliphatic heterocycles. The van der Waals surface area contributed by atoms with Gasteiger partial charge in [-0.3, -0.25) is 4.79 Å². The molecule has 0 radical (unpaired) electrons. The van der Waals surface area contributed by atoms with E-state index in [0.717, 1.165) is 23.4 Å². The molecule has 0 spiro atoms. The van der Waals surface area contributed by atoms with E-state index in [1.807, 2.05) is 36.1 Å². The minimum Gasteiger partial charge on any atom is -0.340 e. The van der Waals surface area contributed by atoms with Gasteiger partial charge in [-0.05, 0) is 57.4 Å². The molecular formula is C23H24N4O. The van der Waals surface area contributed by atoms with Gasteiger partial charge in [0.1, 0.15) is 17.3 Å². The second kappa shape index (κ2) is 7.08. The van der Waals surface area contributed by atoms with Crippen LogP contribution in [0.5, 0.6) is 0 Å². The number of carbonyl (C=O) groups is 1. The van der Waals surface area contributed by atoms with Gasteiger partial charge in [0.25, 0.3) is 5.91 Å². The number of hydrogen-bond acceptors (Lipinski definition) is 4. The number of rotatable bonds is 3. The van der Waals surface area contributed by atoms with Gasteiger partial charge in [-0.15, -0.1) is 0 Å². The van der Waals surface area contributed by atoms with Crippen molar-refractivity contribution in [2.75, 3.05) is 10.2 Å². The number of hydrogen-bond donors (Lipinski definition) is 1. The fourth-order valence-corrected chi connectivity index (χ4v) is 3.83. The molecule has 2 heterocycles. The molecule has 0 saturated carbocycles. The van der Waals surface area contributed by atoms with E-state index in [-0.39, 0.29) is 11.9 Å². The summed E-state index contributed by atoms with van der Waals surface area (Å²) in [6.07, 6.45) is 0.861. The maximum atomic E-state index is 13.3. The number of carbonyl (C=O) groups excluding carboxylic acids is 1. The van der Waals surface area contributed by atoms with Crippen molar-refractivity contribution in [2.24, 2.45) is 0 Å². The van der Waals surface area contributed by atoms with Crippen molar-refractivity contribution in [1.29, 1.82) is 0 Å². The lowest BCUT2D eigenvalue weighted by Crippen LogP contribution is -2.36. The number of fused-ring (bicyclic) bond motifs is 1. The van der Waals surface area contributed by atoms with E-state index < -0.39 is 0 Å². The number of benzene rings is 2. The van der Waals surface area contributed by atoms with Gasteiger partial charge >= 0.3 is 0 Å². The summed E-state index contributed by atoms with van der Waals surface area (Å²) in [7, 11) is 0. The zero-order valence-electron chi connectivity index (χ0n) is 16.7. The normalized spacial score (nSPS) is 15.4. The summed E-state index contributed by atoms with van der Waals surface area (Å²) < 4.78 is 0. The van der Waals surface area contributed by atoms with Gasteiger partial charge in [0, 0.05) is 23.5 Å². The van der Waals surface area contributed by atoms with Gasteiger partial charge in [0.05, 0.1) is 0 Å². The van der Waals surface area contributed by atoms with Gasteiger partial charge in [-0.1, -0.05) is 35.9 Å². The molecule has 3 aromatic rings. The molecule has 1 atom stereocenters. The first kappa shape index (κ1) is 18.2. The molecule has 0 fully saturated rings. The van der Waals surface area contributed by atoms with E-state index in [9.17, 15) is 4.79 Å². The van der Waals surface area contributed by atoms with Gasteiger partial charge in [-0.2, -0.15) is 0 Å². The van der Waals surface area contributed by atoms with Crippen LogP contribution >= 0.6 is 0 Å². The molecule has 5 nitrogen and oxygen atoms in total. The summed E-state index contributed by atoms with van der Waals surface area (Å²) >= 11 is 0. The fraction of sp³-hybridized carbons (Fsp3) is 0.261. The molecule has 1 N–H and O–H groups in total. The third-order valence-electron chi connectivity index (χ3n) is 5.13. The van der Waals surface area contributed by atoms with E-state index in [1.165, 1.54) is 11.1 Å². The van der Waals surface area contributed by atoms with Gasteiger partial charge in [0.15, 0.2) is 0 Å². The SMILES string of the molecule is Cc1ccc(Nc2cc(C(=O)N3c4ccccc4CC3C)nc(C)n2)c(C)c1. The van der Waals surface area contributed by atoms with Crippen LogP contribution in [0.1, 0.15) is 39.9 Å². The quantitative estimate of drug-likeness (QED) is 0.722. The Labute approximate surface area is 165 Å². The molecule has 5 heteroatoms. The monoisotopic (exact) mass is 372 g/mol. The first-order chi connectivity index (χ1) is 13.4. The largest absolute Gasteiger partial charge is 0.340 e. The van der Waals surface area contributed by atoms with Crippen LogP contribution in [0.2, 0.25) is 0 Å². The highest BCUT2D eigenvalue weighted by molar-refractivity contribution is 6.07. The van der Waals surface area contributed by atoms with Crippen LogP contribution in [0.4, 0.5) is 17.2 Å². The number of amides is 1. The van der Waals surface area contributed by atoms with E-state index in [4.69, 9.17) is 0 Å². The summed E-state index contributed by atoms with van der Waals surface area (Å²) in [4.78, 5) is 24.0. The van der Waals surface area contributed by atoms with Crippen LogP contribution in [0.3, 0.4) is 0 Å². The number of aryl methyl sites for hydroxylation is 3. The molecule has 0 aliphatic carbocycles. The predicted octanol–water partition coefficient (Wildman–Crippen LogP) is 4.74. The van der Waals surface area contributed by atoms with E-state index in [0.29, 0.717) is 17.3 Å². The Balaban J connectivity index is 1.66. The van der Waals surface area contributed by atoms with Crippen molar-refractivity contribution >= 4 is 23.1 Å². The van der Waals surface area contributed by atoms with Gasteiger partial charge < -0.3 is 10.2 Å². The Morgan fingerprint density at radius 2 is 1.86 bits per heavy atom. The first-order valence-electron chi connectivity index (χ1n) is 9.54. The second-order valence-electron chi connectivity index (χ2n) is 7.49. The third kappa shape index (κ3) is 3.36. The van der Waals surface area contributed by atoms with E-state index in [1.54, 1.807) is 6.07 Å². The van der Waals surface area contributed by atoms with Gasteiger partial charge in [-0.25, -0.2) is 9.97 Å².